The van der Waals surface area contributed by atoms with Crippen molar-refractivity contribution in [2.24, 2.45) is 5.92 Å². The van der Waals surface area contributed by atoms with Gasteiger partial charge in [-0.3, -0.25) is 14.2 Å². The van der Waals surface area contributed by atoms with Gasteiger partial charge < -0.3 is 14.5 Å². The molecular formula is C20H26N2O5. The van der Waals surface area contributed by atoms with Crippen molar-refractivity contribution in [2.45, 2.75) is 64.6 Å². The monoisotopic (exact) mass is 374 g/mol. The molecule has 1 aliphatic rings. The lowest BCUT2D eigenvalue weighted by atomic mass is 9.86. The summed E-state index contributed by atoms with van der Waals surface area (Å²) in [5, 5.41) is 2.99. The van der Waals surface area contributed by atoms with E-state index in [-0.39, 0.29) is 24.9 Å². The Labute approximate surface area is 157 Å². The van der Waals surface area contributed by atoms with Crippen molar-refractivity contribution in [3.63, 3.8) is 0 Å². The van der Waals surface area contributed by atoms with Crippen molar-refractivity contribution in [1.82, 2.24) is 9.88 Å². The second-order valence-corrected chi connectivity index (χ2v) is 7.25. The summed E-state index contributed by atoms with van der Waals surface area (Å²) in [5.74, 6) is -0.868. The standard InChI is InChI=1S/C20H26N2O5/c1-13-7-3-4-8-15(13)21-19(24)14(2)26-18(23)11-12-22-16-9-5-6-10-17(16)27-20(22)25/h5-6,9-10,13-15H,3-4,7-8,11-12H2,1-2H3,(H,21,24)/t13-,14-,15-/m1/s1. The highest BCUT2D eigenvalue weighted by Gasteiger charge is 2.26. The predicted molar refractivity (Wildman–Crippen MR) is 100 cm³/mol. The maximum atomic E-state index is 12.3. The summed E-state index contributed by atoms with van der Waals surface area (Å²) in [7, 11) is 0. The third kappa shape index (κ3) is 4.59. The molecule has 1 aliphatic carbocycles. The van der Waals surface area contributed by atoms with E-state index in [1.54, 1.807) is 31.2 Å². The molecule has 1 aromatic carbocycles. The smallest absolute Gasteiger partial charge is 0.419 e. The number of aryl methyl sites for hydroxylation is 1. The number of carbonyl (C=O) groups excluding carboxylic acids is 2. The topological polar surface area (TPSA) is 90.5 Å². The number of fused-ring (bicyclic) bond motifs is 1. The van der Waals surface area contributed by atoms with Gasteiger partial charge in [0.15, 0.2) is 11.7 Å². The number of aromatic nitrogens is 1. The zero-order chi connectivity index (χ0) is 19.4. The quantitative estimate of drug-likeness (QED) is 0.785. The summed E-state index contributed by atoms with van der Waals surface area (Å²) >= 11 is 0. The minimum absolute atomic E-state index is 0.0130. The van der Waals surface area contributed by atoms with Gasteiger partial charge in [0.2, 0.25) is 0 Å². The lowest BCUT2D eigenvalue weighted by Gasteiger charge is -2.30. The Bertz CT molecular complexity index is 869. The largest absolute Gasteiger partial charge is 0.452 e. The molecule has 1 N–H and O–H groups in total. The van der Waals surface area contributed by atoms with Crippen molar-refractivity contribution in [2.75, 3.05) is 0 Å². The highest BCUT2D eigenvalue weighted by Crippen LogP contribution is 2.23. The third-order valence-electron chi connectivity index (χ3n) is 5.23. The first kappa shape index (κ1) is 19.2. The fraction of sp³-hybridized carbons (Fsp3) is 0.550. The first-order valence-corrected chi connectivity index (χ1v) is 9.54. The highest BCUT2D eigenvalue weighted by atomic mass is 16.5. The van der Waals surface area contributed by atoms with E-state index in [1.165, 1.54) is 11.0 Å². The number of carbonyl (C=O) groups is 2. The van der Waals surface area contributed by atoms with E-state index in [4.69, 9.17) is 9.15 Å². The molecule has 3 atom stereocenters. The molecule has 1 aromatic heterocycles. The van der Waals surface area contributed by atoms with Gasteiger partial charge in [0.1, 0.15) is 0 Å². The van der Waals surface area contributed by atoms with E-state index in [0.717, 1.165) is 19.3 Å². The zero-order valence-electron chi connectivity index (χ0n) is 15.8. The van der Waals surface area contributed by atoms with Crippen LogP contribution in [0.4, 0.5) is 0 Å². The van der Waals surface area contributed by atoms with Crippen LogP contribution in [0.2, 0.25) is 0 Å². The van der Waals surface area contributed by atoms with E-state index >= 15 is 0 Å². The van der Waals surface area contributed by atoms with Crippen molar-refractivity contribution >= 4 is 23.0 Å². The van der Waals surface area contributed by atoms with Gasteiger partial charge >= 0.3 is 11.7 Å². The Balaban J connectivity index is 1.51. The van der Waals surface area contributed by atoms with Gasteiger partial charge in [-0.05, 0) is 37.8 Å². The van der Waals surface area contributed by atoms with Crippen LogP contribution in [0.15, 0.2) is 33.5 Å². The molecule has 1 saturated carbocycles. The number of hydrogen-bond acceptors (Lipinski definition) is 5. The van der Waals surface area contributed by atoms with Crippen LogP contribution in [0, 0.1) is 5.92 Å². The predicted octanol–water partition coefficient (Wildman–Crippen LogP) is 2.61. The van der Waals surface area contributed by atoms with E-state index in [0.29, 0.717) is 17.0 Å². The second kappa shape index (κ2) is 8.41. The summed E-state index contributed by atoms with van der Waals surface area (Å²) in [6, 6.07) is 7.17. The van der Waals surface area contributed by atoms with Crippen molar-refractivity contribution in [3.05, 3.63) is 34.8 Å². The summed E-state index contributed by atoms with van der Waals surface area (Å²) in [4.78, 5) is 36.3. The minimum atomic E-state index is -0.857. The fourth-order valence-corrected chi connectivity index (χ4v) is 3.57. The average molecular weight is 374 g/mol. The Morgan fingerprint density at radius 1 is 1.30 bits per heavy atom. The van der Waals surface area contributed by atoms with Crippen LogP contribution in [-0.4, -0.2) is 28.6 Å². The van der Waals surface area contributed by atoms with Gasteiger partial charge in [-0.1, -0.05) is 31.9 Å². The molecule has 0 unspecified atom stereocenters. The maximum Gasteiger partial charge on any atom is 0.419 e. The molecule has 0 bridgehead atoms. The first-order valence-electron chi connectivity index (χ1n) is 9.54. The Kier molecular flexibility index (Phi) is 5.98. The molecule has 0 aliphatic heterocycles. The molecule has 1 fully saturated rings. The molecule has 0 radical (unpaired) electrons. The summed E-state index contributed by atoms with van der Waals surface area (Å²) in [5.41, 5.74) is 1.11. The molecule has 0 saturated heterocycles. The number of nitrogens with zero attached hydrogens (tertiary/aromatic N) is 1. The summed E-state index contributed by atoms with van der Waals surface area (Å²) in [6.45, 7) is 3.84. The molecule has 7 nitrogen and oxygen atoms in total. The highest BCUT2D eigenvalue weighted by molar-refractivity contribution is 5.83. The van der Waals surface area contributed by atoms with Gasteiger partial charge in [0.05, 0.1) is 11.9 Å². The van der Waals surface area contributed by atoms with Gasteiger partial charge in [-0.2, -0.15) is 0 Å². The number of ether oxygens (including phenoxy) is 1. The molecular weight excluding hydrogens is 348 g/mol. The van der Waals surface area contributed by atoms with E-state index in [2.05, 4.69) is 12.2 Å². The second-order valence-electron chi connectivity index (χ2n) is 7.25. The first-order chi connectivity index (χ1) is 13.0. The number of benzene rings is 1. The van der Waals surface area contributed by atoms with Gasteiger partial charge in [-0.15, -0.1) is 0 Å². The fourth-order valence-electron chi connectivity index (χ4n) is 3.57. The zero-order valence-corrected chi connectivity index (χ0v) is 15.8. The summed E-state index contributed by atoms with van der Waals surface area (Å²) in [6.07, 6.45) is 3.50. The Morgan fingerprint density at radius 3 is 2.81 bits per heavy atom. The van der Waals surface area contributed by atoms with Crippen molar-refractivity contribution in [1.29, 1.82) is 0 Å². The number of nitrogens with one attached hydrogen (secondary N) is 1. The molecule has 7 heteroatoms. The molecule has 3 rings (SSSR count). The van der Waals surface area contributed by atoms with E-state index in [1.807, 2.05) is 0 Å². The van der Waals surface area contributed by atoms with Crippen molar-refractivity contribution in [3.8, 4) is 0 Å². The van der Waals surface area contributed by atoms with Crippen molar-refractivity contribution < 1.29 is 18.7 Å². The third-order valence-corrected chi connectivity index (χ3v) is 5.23. The van der Waals surface area contributed by atoms with Crippen LogP contribution in [0.25, 0.3) is 11.1 Å². The number of oxazole rings is 1. The van der Waals surface area contributed by atoms with E-state index in [9.17, 15) is 14.4 Å². The molecule has 1 heterocycles. The van der Waals surface area contributed by atoms with Crippen LogP contribution in [0.3, 0.4) is 0 Å². The van der Waals surface area contributed by atoms with Crippen LogP contribution >= 0.6 is 0 Å². The Morgan fingerprint density at radius 2 is 2.04 bits per heavy atom. The maximum absolute atomic E-state index is 12.3. The number of amides is 1. The molecule has 0 spiro atoms. The number of hydrogen-bond donors (Lipinski definition) is 1. The molecule has 2 aromatic rings. The summed E-state index contributed by atoms with van der Waals surface area (Å²) < 4.78 is 11.8. The number of rotatable bonds is 6. The van der Waals surface area contributed by atoms with Gasteiger partial charge in [-0.25, -0.2) is 4.79 Å². The van der Waals surface area contributed by atoms with Crippen LogP contribution in [-0.2, 0) is 20.9 Å². The minimum Gasteiger partial charge on any atom is -0.452 e. The van der Waals surface area contributed by atoms with Crippen LogP contribution < -0.4 is 11.1 Å². The number of esters is 1. The number of para-hydroxylation sites is 2. The molecule has 27 heavy (non-hydrogen) atoms. The lowest BCUT2D eigenvalue weighted by Crippen LogP contribution is -2.46. The lowest BCUT2D eigenvalue weighted by molar-refractivity contribution is -0.155. The normalized spacial score (nSPS) is 21.0. The van der Waals surface area contributed by atoms with Crippen LogP contribution in [0.5, 0.6) is 0 Å². The van der Waals surface area contributed by atoms with Crippen LogP contribution in [0.1, 0.15) is 46.0 Å². The SMILES string of the molecule is C[C@@H]1CCCC[C@H]1NC(=O)[C@@H](C)OC(=O)CCn1c(=O)oc2ccccc21. The molecule has 1 amide bonds. The van der Waals surface area contributed by atoms with Gasteiger partial charge in [0.25, 0.3) is 5.91 Å². The van der Waals surface area contributed by atoms with E-state index < -0.39 is 17.8 Å². The Hall–Kier alpha value is -2.57. The van der Waals surface area contributed by atoms with Gasteiger partial charge in [0, 0.05) is 12.6 Å². The average Bonchev–Trinajstić information content (AvgIpc) is 2.97. The molecule has 146 valence electrons.